The topological polar surface area (TPSA) is 0 Å². The summed E-state index contributed by atoms with van der Waals surface area (Å²) in [5, 5.41) is 0. The van der Waals surface area contributed by atoms with Crippen molar-refractivity contribution in [3.8, 4) is 0 Å². The zero-order chi connectivity index (χ0) is 24.1. The Morgan fingerprint density at radius 3 is 1.31 bits per heavy atom. The molecule has 0 aliphatic heterocycles. The number of benzene rings is 4. The van der Waals surface area contributed by atoms with Crippen LogP contribution >= 0.6 is 0 Å². The van der Waals surface area contributed by atoms with Crippen molar-refractivity contribution in [1.82, 2.24) is 0 Å². The molecule has 0 saturated carbocycles. The van der Waals surface area contributed by atoms with Gasteiger partial charge in [0, 0.05) is 11.8 Å². The van der Waals surface area contributed by atoms with Crippen LogP contribution in [0.15, 0.2) is 96.1 Å². The van der Waals surface area contributed by atoms with Crippen LogP contribution < -0.4 is 0 Å². The largest absolute Gasteiger partial charge is 0.0622 e. The highest BCUT2D eigenvalue weighted by molar-refractivity contribution is 5.76. The molecule has 0 heterocycles. The van der Waals surface area contributed by atoms with Gasteiger partial charge in [-0.05, 0) is 78.6 Å². The summed E-state index contributed by atoms with van der Waals surface area (Å²) in [7, 11) is 0. The van der Waals surface area contributed by atoms with Gasteiger partial charge in [0.1, 0.15) is 0 Å². The summed E-state index contributed by atoms with van der Waals surface area (Å²) in [4.78, 5) is 0. The molecule has 172 valence electrons. The van der Waals surface area contributed by atoms with E-state index in [4.69, 9.17) is 0 Å². The average molecular weight is 453 g/mol. The van der Waals surface area contributed by atoms with Crippen LogP contribution in [0, 0.1) is 27.7 Å². The van der Waals surface area contributed by atoms with Crippen LogP contribution in [0.5, 0.6) is 0 Å². The summed E-state index contributed by atoms with van der Waals surface area (Å²) in [6, 6.07) is 31.6. The molecule has 0 bridgehead atoms. The maximum Gasteiger partial charge on any atom is 0.0314 e. The summed E-state index contributed by atoms with van der Waals surface area (Å²) in [6.07, 6.45) is 5.95. The molecule has 0 amide bonds. The quantitative estimate of drug-likeness (QED) is 0.290. The minimum atomic E-state index is 0.315. The lowest BCUT2D eigenvalue weighted by molar-refractivity contribution is 0.856. The van der Waals surface area contributed by atoms with Crippen molar-refractivity contribution >= 4 is 12.2 Å². The first-order valence-corrected chi connectivity index (χ1v) is 12.7. The lowest BCUT2D eigenvalue weighted by Crippen LogP contribution is -2.08. The fourth-order valence-electron chi connectivity index (χ4n) is 6.58. The highest BCUT2D eigenvalue weighted by Gasteiger charge is 2.33. The standard InChI is InChI=1S/C35H32/c1-22-15-24(3)32-28(17-22)19-30(34(32)26-11-7-5-8-12-26)21-31-20-29-18-23(2)16-25(4)33(29)35(31)27-13-9-6-10-14-27/h5-20,34-35H,21H2,1-4H3. The van der Waals surface area contributed by atoms with E-state index in [1.54, 1.807) is 0 Å². The van der Waals surface area contributed by atoms with Crippen LogP contribution in [-0.4, -0.2) is 0 Å². The van der Waals surface area contributed by atoms with Crippen LogP contribution in [0.25, 0.3) is 12.2 Å². The second-order valence-electron chi connectivity index (χ2n) is 10.5. The molecular weight excluding hydrogens is 420 g/mol. The van der Waals surface area contributed by atoms with Crippen molar-refractivity contribution in [2.75, 3.05) is 0 Å². The molecule has 0 aromatic heterocycles. The number of allylic oxidation sites excluding steroid dienone is 2. The van der Waals surface area contributed by atoms with Gasteiger partial charge in [-0.3, -0.25) is 0 Å². The first-order valence-electron chi connectivity index (χ1n) is 12.7. The molecule has 0 saturated heterocycles. The molecule has 0 nitrogen and oxygen atoms in total. The van der Waals surface area contributed by atoms with Crippen LogP contribution in [-0.2, 0) is 0 Å². The molecular formula is C35H32. The number of fused-ring (bicyclic) bond motifs is 2. The smallest absolute Gasteiger partial charge is 0.0314 e. The third kappa shape index (κ3) is 3.78. The molecule has 2 atom stereocenters. The van der Waals surface area contributed by atoms with Gasteiger partial charge in [0.05, 0.1) is 0 Å². The average Bonchev–Trinajstić information content (AvgIpc) is 3.38. The maximum absolute atomic E-state index is 2.48. The van der Waals surface area contributed by atoms with Gasteiger partial charge in [-0.15, -0.1) is 0 Å². The van der Waals surface area contributed by atoms with Gasteiger partial charge in [0.25, 0.3) is 0 Å². The number of rotatable bonds is 4. The molecule has 2 aliphatic rings. The predicted molar refractivity (Wildman–Crippen MR) is 149 cm³/mol. The number of hydrogen-bond acceptors (Lipinski definition) is 0. The van der Waals surface area contributed by atoms with Crippen molar-refractivity contribution in [2.45, 2.75) is 46.0 Å². The van der Waals surface area contributed by atoms with E-state index in [1.165, 1.54) is 66.8 Å². The normalized spacial score (nSPS) is 18.2. The van der Waals surface area contributed by atoms with Crippen molar-refractivity contribution < 1.29 is 0 Å². The van der Waals surface area contributed by atoms with E-state index in [0.29, 0.717) is 11.8 Å². The summed E-state index contributed by atoms with van der Waals surface area (Å²) >= 11 is 0. The Kier molecular flexibility index (Phi) is 5.33. The van der Waals surface area contributed by atoms with Crippen molar-refractivity contribution in [3.63, 3.8) is 0 Å². The second kappa shape index (κ2) is 8.54. The van der Waals surface area contributed by atoms with E-state index in [-0.39, 0.29) is 0 Å². The molecule has 2 aliphatic carbocycles. The lowest BCUT2D eigenvalue weighted by atomic mass is 9.79. The molecule has 4 aromatic carbocycles. The highest BCUT2D eigenvalue weighted by atomic mass is 14.4. The van der Waals surface area contributed by atoms with E-state index in [0.717, 1.165) is 6.42 Å². The monoisotopic (exact) mass is 452 g/mol. The zero-order valence-electron chi connectivity index (χ0n) is 21.1. The molecule has 0 N–H and O–H groups in total. The third-order valence-electron chi connectivity index (χ3n) is 7.80. The van der Waals surface area contributed by atoms with Gasteiger partial charge in [0.15, 0.2) is 0 Å². The third-order valence-corrected chi connectivity index (χ3v) is 7.80. The summed E-state index contributed by atoms with van der Waals surface area (Å²) in [5.74, 6) is 0.631. The number of aryl methyl sites for hydroxylation is 4. The van der Waals surface area contributed by atoms with E-state index >= 15 is 0 Å². The maximum atomic E-state index is 2.48. The zero-order valence-corrected chi connectivity index (χ0v) is 21.1. The summed E-state index contributed by atoms with van der Waals surface area (Å²) in [5.41, 5.74) is 17.0. The lowest BCUT2D eigenvalue weighted by Gasteiger charge is -2.24. The van der Waals surface area contributed by atoms with Gasteiger partial charge in [-0.25, -0.2) is 0 Å². The first-order chi connectivity index (χ1) is 17.0. The molecule has 6 rings (SSSR count). The van der Waals surface area contributed by atoms with Crippen molar-refractivity contribution in [1.29, 1.82) is 0 Å². The molecule has 2 unspecified atom stereocenters. The van der Waals surface area contributed by atoms with Crippen molar-refractivity contribution in [2.24, 2.45) is 0 Å². The minimum absolute atomic E-state index is 0.315. The van der Waals surface area contributed by atoms with Crippen LogP contribution in [0.4, 0.5) is 0 Å². The summed E-state index contributed by atoms with van der Waals surface area (Å²) in [6.45, 7) is 8.98. The first kappa shape index (κ1) is 21.9. The minimum Gasteiger partial charge on any atom is -0.0622 e. The second-order valence-corrected chi connectivity index (χ2v) is 10.5. The molecule has 4 aromatic rings. The Bertz CT molecular complexity index is 1370. The highest BCUT2D eigenvalue weighted by Crippen LogP contribution is 2.50. The fourth-order valence-corrected chi connectivity index (χ4v) is 6.58. The van der Waals surface area contributed by atoms with Gasteiger partial charge < -0.3 is 0 Å². The van der Waals surface area contributed by atoms with E-state index in [2.05, 4.69) is 125 Å². The Labute approximate surface area is 209 Å². The van der Waals surface area contributed by atoms with Crippen LogP contribution in [0.1, 0.15) is 73.9 Å². The Morgan fingerprint density at radius 1 is 0.514 bits per heavy atom. The Morgan fingerprint density at radius 2 is 0.914 bits per heavy atom. The molecule has 0 spiro atoms. The SMILES string of the molecule is Cc1cc(C)c2c(c1)C=C(CC1=Cc3cc(C)cc(C)c3C1c1ccccc1)C2c1ccccc1. The molecule has 0 heteroatoms. The van der Waals surface area contributed by atoms with Gasteiger partial charge >= 0.3 is 0 Å². The Hall–Kier alpha value is -3.64. The summed E-state index contributed by atoms with van der Waals surface area (Å²) < 4.78 is 0. The Balaban J connectivity index is 1.48. The van der Waals surface area contributed by atoms with Gasteiger partial charge in [0.2, 0.25) is 0 Å². The fraction of sp³-hybridized carbons (Fsp3) is 0.200. The molecule has 35 heavy (non-hydrogen) atoms. The van der Waals surface area contributed by atoms with Crippen molar-refractivity contribution in [3.05, 3.63) is 152 Å². The van der Waals surface area contributed by atoms with E-state index in [9.17, 15) is 0 Å². The van der Waals surface area contributed by atoms with Crippen LogP contribution in [0.3, 0.4) is 0 Å². The molecule has 0 fully saturated rings. The van der Waals surface area contributed by atoms with Gasteiger partial charge in [-0.2, -0.15) is 0 Å². The number of hydrogen-bond donors (Lipinski definition) is 0. The molecule has 0 radical (unpaired) electrons. The van der Waals surface area contributed by atoms with E-state index < -0.39 is 0 Å². The van der Waals surface area contributed by atoms with Crippen LogP contribution in [0.2, 0.25) is 0 Å². The van der Waals surface area contributed by atoms with Gasteiger partial charge in [-0.1, -0.05) is 119 Å². The predicted octanol–water partition coefficient (Wildman–Crippen LogP) is 9.07. The van der Waals surface area contributed by atoms with E-state index in [1.807, 2.05) is 0 Å².